The Balaban J connectivity index is 0.000000671. The van der Waals surface area contributed by atoms with Gasteiger partial charge in [0, 0.05) is 0 Å². The van der Waals surface area contributed by atoms with Crippen LogP contribution >= 0.6 is 0 Å². The van der Waals surface area contributed by atoms with E-state index in [0.29, 0.717) is 0 Å². The van der Waals surface area contributed by atoms with Gasteiger partial charge in [0.25, 0.3) is 0 Å². The molecule has 0 aromatic heterocycles. The van der Waals surface area contributed by atoms with Gasteiger partial charge in [0.15, 0.2) is 6.79 Å². The number of hydrogen-bond donors (Lipinski definition) is 1. The molecule has 1 aromatic rings. The van der Waals surface area contributed by atoms with Crippen LogP contribution in [0.3, 0.4) is 0 Å². The molecular weight excluding hydrogens is 164 g/mol. The summed E-state index contributed by atoms with van der Waals surface area (Å²) in [5, 5.41) is 8.46. The van der Waals surface area contributed by atoms with E-state index in [-0.39, 0.29) is 6.79 Å². The maximum absolute atomic E-state index is 8.46. The van der Waals surface area contributed by atoms with Crippen LogP contribution in [0.25, 0.3) is 0 Å². The quantitative estimate of drug-likeness (QED) is 0.728. The fraction of sp³-hybridized carbons (Fsp3) is 0.455. The SMILES string of the molecule is CC.CCc1cccc(OCO)c1. The first kappa shape index (κ1) is 12.0. The zero-order valence-electron chi connectivity index (χ0n) is 8.58. The van der Waals surface area contributed by atoms with Crippen molar-refractivity contribution >= 4 is 0 Å². The molecule has 0 amide bonds. The topological polar surface area (TPSA) is 29.5 Å². The number of aliphatic hydroxyl groups excluding tert-OH is 1. The average molecular weight is 182 g/mol. The predicted molar refractivity (Wildman–Crippen MR) is 54.9 cm³/mol. The minimum absolute atomic E-state index is 0.257. The van der Waals surface area contributed by atoms with Crippen molar-refractivity contribution in [3.63, 3.8) is 0 Å². The lowest BCUT2D eigenvalue weighted by molar-refractivity contribution is 0.0985. The van der Waals surface area contributed by atoms with Crippen LogP contribution in [0.2, 0.25) is 0 Å². The highest BCUT2D eigenvalue weighted by atomic mass is 16.6. The molecule has 2 heteroatoms. The highest BCUT2D eigenvalue weighted by molar-refractivity contribution is 5.28. The van der Waals surface area contributed by atoms with E-state index >= 15 is 0 Å². The molecular formula is C11H18O2. The number of aliphatic hydroxyl groups is 1. The summed E-state index contributed by atoms with van der Waals surface area (Å²) in [7, 11) is 0. The summed E-state index contributed by atoms with van der Waals surface area (Å²) in [6.45, 7) is 5.82. The Kier molecular flexibility index (Phi) is 7.02. The first-order chi connectivity index (χ1) is 6.36. The Hall–Kier alpha value is -1.02. The maximum Gasteiger partial charge on any atom is 0.186 e. The van der Waals surface area contributed by atoms with E-state index in [0.717, 1.165) is 12.2 Å². The fourth-order valence-corrected chi connectivity index (χ4v) is 0.930. The van der Waals surface area contributed by atoms with Crippen molar-refractivity contribution in [2.45, 2.75) is 27.2 Å². The lowest BCUT2D eigenvalue weighted by Crippen LogP contribution is -1.94. The average Bonchev–Trinajstić information content (AvgIpc) is 2.22. The molecule has 0 saturated heterocycles. The van der Waals surface area contributed by atoms with Crippen molar-refractivity contribution in [1.82, 2.24) is 0 Å². The smallest absolute Gasteiger partial charge is 0.186 e. The van der Waals surface area contributed by atoms with Crippen LogP contribution in [0.5, 0.6) is 5.75 Å². The van der Waals surface area contributed by atoms with Gasteiger partial charge in [-0.2, -0.15) is 0 Å². The Morgan fingerprint density at radius 2 is 2.00 bits per heavy atom. The molecule has 0 aliphatic heterocycles. The van der Waals surface area contributed by atoms with Gasteiger partial charge in [0.2, 0.25) is 0 Å². The van der Waals surface area contributed by atoms with Crippen LogP contribution < -0.4 is 4.74 Å². The fourth-order valence-electron chi connectivity index (χ4n) is 0.930. The highest BCUT2D eigenvalue weighted by Gasteiger charge is 1.92. The van der Waals surface area contributed by atoms with Gasteiger partial charge < -0.3 is 9.84 Å². The number of aryl methyl sites for hydroxylation is 1. The molecule has 0 heterocycles. The Labute approximate surface area is 80.2 Å². The van der Waals surface area contributed by atoms with Gasteiger partial charge in [-0.05, 0) is 24.1 Å². The van der Waals surface area contributed by atoms with E-state index in [1.807, 2.05) is 38.1 Å². The Morgan fingerprint density at radius 3 is 2.54 bits per heavy atom. The van der Waals surface area contributed by atoms with Gasteiger partial charge in [0.05, 0.1) is 0 Å². The summed E-state index contributed by atoms with van der Waals surface area (Å²) in [5.74, 6) is 0.729. The third-order valence-corrected chi connectivity index (χ3v) is 1.54. The molecule has 2 nitrogen and oxygen atoms in total. The Morgan fingerprint density at radius 1 is 1.31 bits per heavy atom. The minimum Gasteiger partial charge on any atom is -0.468 e. The molecule has 0 saturated carbocycles. The molecule has 0 fully saturated rings. The molecule has 0 aliphatic carbocycles. The van der Waals surface area contributed by atoms with Gasteiger partial charge in [0.1, 0.15) is 5.75 Å². The molecule has 74 valence electrons. The van der Waals surface area contributed by atoms with Crippen LogP contribution in [-0.2, 0) is 6.42 Å². The maximum atomic E-state index is 8.46. The highest BCUT2D eigenvalue weighted by Crippen LogP contribution is 2.12. The second kappa shape index (κ2) is 7.62. The number of hydrogen-bond acceptors (Lipinski definition) is 2. The molecule has 1 N–H and O–H groups in total. The second-order valence-electron chi connectivity index (χ2n) is 2.27. The number of rotatable bonds is 3. The van der Waals surface area contributed by atoms with Gasteiger partial charge in [-0.1, -0.05) is 32.9 Å². The van der Waals surface area contributed by atoms with E-state index in [2.05, 4.69) is 6.92 Å². The van der Waals surface area contributed by atoms with E-state index in [1.165, 1.54) is 5.56 Å². The zero-order valence-corrected chi connectivity index (χ0v) is 8.58. The van der Waals surface area contributed by atoms with E-state index < -0.39 is 0 Å². The Bertz CT molecular complexity index is 221. The number of benzene rings is 1. The summed E-state index contributed by atoms with van der Waals surface area (Å²) in [5.41, 5.74) is 1.22. The van der Waals surface area contributed by atoms with Gasteiger partial charge >= 0.3 is 0 Å². The molecule has 1 rings (SSSR count). The van der Waals surface area contributed by atoms with Crippen LogP contribution in [0, 0.1) is 0 Å². The molecule has 1 aromatic carbocycles. The molecule has 0 aliphatic rings. The molecule has 0 radical (unpaired) electrons. The van der Waals surface area contributed by atoms with Crippen molar-refractivity contribution < 1.29 is 9.84 Å². The van der Waals surface area contributed by atoms with Crippen molar-refractivity contribution in [1.29, 1.82) is 0 Å². The summed E-state index contributed by atoms with van der Waals surface area (Å²) >= 11 is 0. The summed E-state index contributed by atoms with van der Waals surface area (Å²) < 4.78 is 4.90. The van der Waals surface area contributed by atoms with Crippen LogP contribution in [0.15, 0.2) is 24.3 Å². The molecule has 0 atom stereocenters. The number of ether oxygens (including phenoxy) is 1. The second-order valence-corrected chi connectivity index (χ2v) is 2.27. The van der Waals surface area contributed by atoms with E-state index in [4.69, 9.17) is 9.84 Å². The molecule has 0 unspecified atom stereocenters. The predicted octanol–water partition coefficient (Wildman–Crippen LogP) is 2.60. The zero-order chi connectivity index (χ0) is 10.1. The summed E-state index contributed by atoms with van der Waals surface area (Å²) in [4.78, 5) is 0. The van der Waals surface area contributed by atoms with Crippen molar-refractivity contribution in [3.05, 3.63) is 29.8 Å². The van der Waals surface area contributed by atoms with Crippen LogP contribution in [0.4, 0.5) is 0 Å². The largest absolute Gasteiger partial charge is 0.468 e. The monoisotopic (exact) mass is 182 g/mol. The molecule has 13 heavy (non-hydrogen) atoms. The lowest BCUT2D eigenvalue weighted by Gasteiger charge is -2.02. The standard InChI is InChI=1S/C9H12O2.C2H6/c1-2-8-4-3-5-9(6-8)11-7-10;1-2/h3-6,10H,2,7H2,1H3;1-2H3. The first-order valence-corrected chi connectivity index (χ1v) is 4.69. The first-order valence-electron chi connectivity index (χ1n) is 4.69. The van der Waals surface area contributed by atoms with Crippen LogP contribution in [0.1, 0.15) is 26.3 Å². The molecule has 0 spiro atoms. The minimum atomic E-state index is -0.257. The van der Waals surface area contributed by atoms with E-state index in [9.17, 15) is 0 Å². The third-order valence-electron chi connectivity index (χ3n) is 1.54. The van der Waals surface area contributed by atoms with Crippen molar-refractivity contribution in [3.8, 4) is 5.75 Å². The summed E-state index contributed by atoms with van der Waals surface area (Å²) in [6, 6.07) is 7.71. The summed E-state index contributed by atoms with van der Waals surface area (Å²) in [6.07, 6.45) is 0.989. The van der Waals surface area contributed by atoms with Crippen molar-refractivity contribution in [2.24, 2.45) is 0 Å². The molecule has 0 bridgehead atoms. The van der Waals surface area contributed by atoms with E-state index in [1.54, 1.807) is 0 Å². The third kappa shape index (κ3) is 4.53. The van der Waals surface area contributed by atoms with Crippen LogP contribution in [-0.4, -0.2) is 11.9 Å². The van der Waals surface area contributed by atoms with Gasteiger partial charge in [-0.15, -0.1) is 0 Å². The van der Waals surface area contributed by atoms with Gasteiger partial charge in [-0.25, -0.2) is 0 Å². The van der Waals surface area contributed by atoms with Gasteiger partial charge in [-0.3, -0.25) is 0 Å². The normalized spacial score (nSPS) is 8.62. The van der Waals surface area contributed by atoms with Crippen molar-refractivity contribution in [2.75, 3.05) is 6.79 Å². The lowest BCUT2D eigenvalue weighted by atomic mass is 10.2.